The molecule has 1 unspecified atom stereocenters. The summed E-state index contributed by atoms with van der Waals surface area (Å²) in [6.45, 7) is 6.97. The van der Waals surface area contributed by atoms with Gasteiger partial charge in [-0.3, -0.25) is 14.1 Å². The average Bonchev–Trinajstić information content (AvgIpc) is 2.20. The maximum Gasteiger partial charge on any atom is 0.325 e. The quantitative estimate of drug-likeness (QED) is 0.477. The fourth-order valence-electron chi connectivity index (χ4n) is 1.19. The van der Waals surface area contributed by atoms with E-state index in [9.17, 15) is 18.0 Å². The second-order valence-corrected chi connectivity index (χ2v) is 9.91. The predicted molar refractivity (Wildman–Crippen MR) is 74.5 cm³/mol. The van der Waals surface area contributed by atoms with Gasteiger partial charge in [-0.05, 0) is 0 Å². The van der Waals surface area contributed by atoms with Crippen LogP contribution in [0.3, 0.4) is 0 Å². The van der Waals surface area contributed by atoms with E-state index in [1.54, 1.807) is 0 Å². The van der Waals surface area contributed by atoms with Gasteiger partial charge in [-0.25, -0.2) is 0 Å². The van der Waals surface area contributed by atoms with Gasteiger partial charge in [0.25, 0.3) is 10.1 Å². The molecule has 0 fully saturated rings. The van der Waals surface area contributed by atoms with E-state index in [0.29, 0.717) is 2.66 Å². The minimum absolute atomic E-state index is 0.690. The van der Waals surface area contributed by atoms with Crippen LogP contribution in [-0.2, 0) is 19.7 Å². The van der Waals surface area contributed by atoms with Crippen molar-refractivity contribution in [2.24, 2.45) is 0 Å². The maximum atomic E-state index is 10.2. The molecule has 0 aromatic carbocycles. The summed E-state index contributed by atoms with van der Waals surface area (Å²) in [6, 6.07) is 0. The summed E-state index contributed by atoms with van der Waals surface area (Å²) in [6.07, 6.45) is 3.03. The van der Waals surface area contributed by atoms with Crippen LogP contribution in [0.25, 0.3) is 0 Å². The molecule has 20 heavy (non-hydrogen) atoms. The van der Waals surface area contributed by atoms with Crippen molar-refractivity contribution in [1.29, 1.82) is 0 Å². The number of hydrogen-bond donors (Lipinski definition) is 3. The summed E-state index contributed by atoms with van der Waals surface area (Å²) in [7, 11) is -4.84. The summed E-state index contributed by atoms with van der Waals surface area (Å²) in [5.74, 6) is -3.50. The third-order valence-corrected chi connectivity index (χ3v) is 3.86. The van der Waals surface area contributed by atoms with Crippen LogP contribution in [0.4, 0.5) is 0 Å². The largest absolute Gasteiger partial charge is 0.481 e. The molecule has 0 spiro atoms. The van der Waals surface area contributed by atoms with Crippen molar-refractivity contribution in [3.63, 3.8) is 0 Å². The molecule has 0 saturated carbocycles. The van der Waals surface area contributed by atoms with Crippen molar-refractivity contribution in [3.8, 4) is 0 Å². The van der Waals surface area contributed by atoms with Gasteiger partial charge in [-0.2, -0.15) is 8.42 Å². The Labute approximate surface area is 136 Å². The summed E-state index contributed by atoms with van der Waals surface area (Å²) in [5, 5.41) is 13.9. The van der Waals surface area contributed by atoms with E-state index >= 15 is 0 Å². The standard InChI is InChI=1S/C7H15.C4H6O7S.Na/c1-4-5-6-7(2)3;5-3(6)1-2(4(7)8)12(9,10)11;/h4-6H2,1-3H3;2H,1H2,(H,5,6)(H,7,8)(H,9,10,11);. The first kappa shape index (κ1) is 22.1. The van der Waals surface area contributed by atoms with Crippen LogP contribution < -0.4 is 0 Å². The fraction of sp³-hybridized carbons (Fsp3) is 0.818. The first-order chi connectivity index (χ1) is 8.81. The molecule has 0 saturated heterocycles. The average molecular weight is 320 g/mol. The smallest absolute Gasteiger partial charge is 0.325 e. The van der Waals surface area contributed by atoms with Crippen LogP contribution >= 0.6 is 0 Å². The van der Waals surface area contributed by atoms with Crippen molar-refractivity contribution >= 4 is 50.0 Å². The molecule has 0 radical (unpaired) electrons. The zero-order valence-electron chi connectivity index (χ0n) is 12.3. The molecular formula is C11H21NaO7S. The van der Waals surface area contributed by atoms with Gasteiger partial charge >= 0.3 is 82.6 Å². The Bertz CT molecular complexity index is 411. The summed E-state index contributed by atoms with van der Waals surface area (Å²) >= 11 is 1.34. The van der Waals surface area contributed by atoms with Crippen molar-refractivity contribution < 1.29 is 32.8 Å². The Morgan fingerprint density at radius 1 is 1.25 bits per heavy atom. The molecule has 0 rings (SSSR count). The third kappa shape index (κ3) is 14.3. The van der Waals surface area contributed by atoms with E-state index in [1.807, 2.05) is 0 Å². The van der Waals surface area contributed by atoms with Crippen molar-refractivity contribution in [1.82, 2.24) is 0 Å². The predicted octanol–water partition coefficient (Wildman–Crippen LogP) is 1.35. The number of carboxylic acids is 2. The van der Waals surface area contributed by atoms with E-state index < -0.39 is 33.7 Å². The van der Waals surface area contributed by atoms with E-state index in [-0.39, 0.29) is 0 Å². The molecule has 1 atom stereocenters. The summed E-state index contributed by atoms with van der Waals surface area (Å²) < 4.78 is 29.4. The number of hydrogen-bond acceptors (Lipinski definition) is 4. The van der Waals surface area contributed by atoms with E-state index in [2.05, 4.69) is 20.8 Å². The molecule has 114 valence electrons. The Morgan fingerprint density at radius 2 is 1.70 bits per heavy atom. The van der Waals surface area contributed by atoms with E-state index in [0.717, 1.165) is 0 Å². The Balaban J connectivity index is 0. The first-order valence-electron chi connectivity index (χ1n) is 6.22. The molecule has 0 heterocycles. The number of carbonyl (C=O) groups is 2. The normalized spacial score (nSPS) is 13.1. The minimum Gasteiger partial charge on any atom is -0.481 e. The van der Waals surface area contributed by atoms with Gasteiger partial charge in [0, 0.05) is 0 Å². The topological polar surface area (TPSA) is 129 Å². The van der Waals surface area contributed by atoms with Gasteiger partial charge in [0.05, 0.1) is 6.42 Å². The molecule has 0 amide bonds. The number of rotatable bonds is 7. The molecule has 0 aliphatic carbocycles. The van der Waals surface area contributed by atoms with E-state index in [4.69, 9.17) is 14.8 Å². The minimum atomic E-state index is -4.84. The fourth-order valence-corrected chi connectivity index (χ4v) is 2.15. The van der Waals surface area contributed by atoms with Crippen molar-refractivity contribution in [2.75, 3.05) is 0 Å². The SMILES string of the molecule is CCCC[C](C)(C)[Na].O=C(O)CC(C(=O)O)S(=O)(=O)O. The molecule has 0 aliphatic rings. The van der Waals surface area contributed by atoms with Gasteiger partial charge in [-0.15, -0.1) is 0 Å². The number of aliphatic carboxylic acids is 2. The molecule has 9 heteroatoms. The molecule has 3 N–H and O–H groups in total. The van der Waals surface area contributed by atoms with Crippen LogP contribution in [0, 0.1) is 0 Å². The Kier molecular flexibility index (Phi) is 10.8. The van der Waals surface area contributed by atoms with Crippen LogP contribution in [0.5, 0.6) is 0 Å². The Morgan fingerprint density at radius 3 is 1.80 bits per heavy atom. The summed E-state index contributed by atoms with van der Waals surface area (Å²) in [5.41, 5.74) is 0. The molecule has 7 nitrogen and oxygen atoms in total. The summed E-state index contributed by atoms with van der Waals surface area (Å²) in [4.78, 5) is 20.0. The van der Waals surface area contributed by atoms with Crippen LogP contribution in [0.2, 0.25) is 2.66 Å². The van der Waals surface area contributed by atoms with Gasteiger partial charge in [-0.1, -0.05) is 0 Å². The second kappa shape index (κ2) is 9.73. The van der Waals surface area contributed by atoms with Crippen LogP contribution in [-0.4, -0.2) is 68.3 Å². The molecule has 0 bridgehead atoms. The van der Waals surface area contributed by atoms with Crippen LogP contribution in [0.15, 0.2) is 0 Å². The van der Waals surface area contributed by atoms with Gasteiger partial charge in [0.1, 0.15) is 0 Å². The molecule has 0 aromatic heterocycles. The molecule has 0 aliphatic heterocycles. The van der Waals surface area contributed by atoms with Gasteiger partial charge < -0.3 is 10.2 Å². The third-order valence-electron chi connectivity index (χ3n) is 2.28. The zero-order chi connectivity index (χ0) is 16.6. The van der Waals surface area contributed by atoms with Crippen molar-refractivity contribution in [3.05, 3.63) is 0 Å². The van der Waals surface area contributed by atoms with E-state index in [1.165, 1.54) is 47.2 Å². The second-order valence-electron chi connectivity index (χ2n) is 5.60. The van der Waals surface area contributed by atoms with Gasteiger partial charge in [0.15, 0.2) is 5.25 Å². The maximum absolute atomic E-state index is 10.2. The monoisotopic (exact) mass is 320 g/mol. The van der Waals surface area contributed by atoms with Crippen molar-refractivity contribution in [2.45, 2.75) is 54.4 Å². The zero-order valence-corrected chi connectivity index (χ0v) is 15.1. The van der Waals surface area contributed by atoms with Gasteiger partial charge in [0.2, 0.25) is 0 Å². The molecule has 0 aromatic rings. The molecular weight excluding hydrogens is 299 g/mol. The first-order valence-corrected chi connectivity index (χ1v) is 8.72. The number of carboxylic acid groups (broad SMARTS) is 2. The number of unbranched alkanes of at least 4 members (excludes halogenated alkanes) is 1. The Hall–Kier alpha value is -0.150. The van der Waals surface area contributed by atoms with Crippen LogP contribution in [0.1, 0.15) is 46.5 Å².